The molecule has 1 aromatic rings. The van der Waals surface area contributed by atoms with Crippen molar-refractivity contribution in [2.75, 3.05) is 39.0 Å². The van der Waals surface area contributed by atoms with Crippen LogP contribution in [0.5, 0.6) is 0 Å². The summed E-state index contributed by atoms with van der Waals surface area (Å²) in [4.78, 5) is 14.1. The number of nitrogens with zero attached hydrogens (tertiary/aromatic N) is 1. The monoisotopic (exact) mass is 249 g/mol. The van der Waals surface area contributed by atoms with E-state index >= 15 is 0 Å². The third-order valence-corrected chi connectivity index (χ3v) is 3.18. The van der Waals surface area contributed by atoms with Crippen LogP contribution in [0.3, 0.4) is 0 Å². The number of ether oxygens (including phenoxy) is 1. The molecule has 1 aliphatic heterocycles. The summed E-state index contributed by atoms with van der Waals surface area (Å²) in [6, 6.07) is 5.54. The standard InChI is InChI=1S/C13H19N3O2/c1-18-13(17)12-10(3-2-4-11(12)14)9-16-7-5-15-6-8-16/h2-4,15H,5-9,14H2,1H3. The van der Waals surface area contributed by atoms with Gasteiger partial charge in [-0.15, -0.1) is 0 Å². The summed E-state index contributed by atoms with van der Waals surface area (Å²) in [6.45, 7) is 4.66. The van der Waals surface area contributed by atoms with Gasteiger partial charge >= 0.3 is 5.97 Å². The number of carbonyl (C=O) groups is 1. The maximum Gasteiger partial charge on any atom is 0.340 e. The van der Waals surface area contributed by atoms with Gasteiger partial charge in [0.25, 0.3) is 0 Å². The number of hydrogen-bond acceptors (Lipinski definition) is 5. The minimum atomic E-state index is -0.363. The van der Waals surface area contributed by atoms with Crippen molar-refractivity contribution in [2.45, 2.75) is 6.54 Å². The van der Waals surface area contributed by atoms with Crippen LogP contribution in [0.4, 0.5) is 5.69 Å². The number of carbonyl (C=O) groups excluding carboxylic acids is 1. The highest BCUT2D eigenvalue weighted by Crippen LogP contribution is 2.20. The SMILES string of the molecule is COC(=O)c1c(N)cccc1CN1CCNCC1. The zero-order valence-electron chi connectivity index (χ0n) is 10.6. The van der Waals surface area contributed by atoms with Crippen molar-refractivity contribution in [2.24, 2.45) is 0 Å². The first-order valence-electron chi connectivity index (χ1n) is 6.11. The largest absolute Gasteiger partial charge is 0.465 e. The molecule has 5 heteroatoms. The summed E-state index contributed by atoms with van der Waals surface area (Å²) in [5.74, 6) is -0.363. The molecule has 98 valence electrons. The third-order valence-electron chi connectivity index (χ3n) is 3.18. The second kappa shape index (κ2) is 5.84. The maximum absolute atomic E-state index is 11.8. The van der Waals surface area contributed by atoms with E-state index in [9.17, 15) is 4.79 Å². The Hall–Kier alpha value is -1.59. The number of methoxy groups -OCH3 is 1. The highest BCUT2D eigenvalue weighted by molar-refractivity contribution is 5.96. The molecule has 5 nitrogen and oxygen atoms in total. The molecule has 0 aromatic heterocycles. The maximum atomic E-state index is 11.8. The number of piperazine rings is 1. The van der Waals surface area contributed by atoms with E-state index < -0.39 is 0 Å². The lowest BCUT2D eigenvalue weighted by molar-refractivity contribution is 0.0599. The van der Waals surface area contributed by atoms with Crippen LogP contribution in [-0.4, -0.2) is 44.2 Å². The number of esters is 1. The number of anilines is 1. The van der Waals surface area contributed by atoms with Gasteiger partial charge in [0.1, 0.15) is 0 Å². The summed E-state index contributed by atoms with van der Waals surface area (Å²) in [5, 5.41) is 3.30. The van der Waals surface area contributed by atoms with E-state index in [1.807, 2.05) is 12.1 Å². The van der Waals surface area contributed by atoms with Crippen molar-refractivity contribution < 1.29 is 9.53 Å². The van der Waals surface area contributed by atoms with Crippen LogP contribution in [0.25, 0.3) is 0 Å². The number of nitrogens with one attached hydrogen (secondary N) is 1. The van der Waals surface area contributed by atoms with E-state index in [1.165, 1.54) is 7.11 Å². The Morgan fingerprint density at radius 3 is 2.83 bits per heavy atom. The van der Waals surface area contributed by atoms with Crippen molar-refractivity contribution >= 4 is 11.7 Å². The van der Waals surface area contributed by atoms with Crippen molar-refractivity contribution in [3.05, 3.63) is 29.3 Å². The molecule has 0 bridgehead atoms. The topological polar surface area (TPSA) is 67.6 Å². The Labute approximate surface area is 107 Å². The van der Waals surface area contributed by atoms with Gasteiger partial charge in [-0.3, -0.25) is 4.90 Å². The Balaban J connectivity index is 2.20. The van der Waals surface area contributed by atoms with E-state index in [2.05, 4.69) is 10.2 Å². The molecule has 2 rings (SSSR count). The Bertz CT molecular complexity index is 428. The van der Waals surface area contributed by atoms with Crippen LogP contribution in [0, 0.1) is 0 Å². The zero-order chi connectivity index (χ0) is 13.0. The fourth-order valence-electron chi connectivity index (χ4n) is 2.21. The molecule has 1 heterocycles. The van der Waals surface area contributed by atoms with E-state index in [0.717, 1.165) is 38.3 Å². The molecule has 0 aliphatic carbocycles. The fraction of sp³-hybridized carbons (Fsp3) is 0.462. The van der Waals surface area contributed by atoms with Crippen molar-refractivity contribution in [1.82, 2.24) is 10.2 Å². The van der Waals surface area contributed by atoms with Gasteiger partial charge in [0.2, 0.25) is 0 Å². The van der Waals surface area contributed by atoms with Gasteiger partial charge < -0.3 is 15.8 Å². The Kier molecular flexibility index (Phi) is 4.17. The predicted octanol–water partition coefficient (Wildman–Crippen LogP) is 0.461. The van der Waals surface area contributed by atoms with Crippen LogP contribution >= 0.6 is 0 Å². The van der Waals surface area contributed by atoms with Gasteiger partial charge in [-0.2, -0.15) is 0 Å². The van der Waals surface area contributed by atoms with Crippen molar-refractivity contribution in [3.63, 3.8) is 0 Å². The lowest BCUT2D eigenvalue weighted by Gasteiger charge is -2.27. The molecule has 0 unspecified atom stereocenters. The summed E-state index contributed by atoms with van der Waals surface area (Å²) < 4.78 is 4.80. The van der Waals surface area contributed by atoms with Gasteiger partial charge in [-0.25, -0.2) is 4.79 Å². The molecule has 3 N–H and O–H groups in total. The predicted molar refractivity (Wildman–Crippen MR) is 70.3 cm³/mol. The van der Waals surface area contributed by atoms with Gasteiger partial charge in [0.05, 0.1) is 12.7 Å². The number of rotatable bonds is 3. The molecule has 0 saturated carbocycles. The highest BCUT2D eigenvalue weighted by Gasteiger charge is 2.18. The molecule has 0 atom stereocenters. The normalized spacial score (nSPS) is 16.5. The van der Waals surface area contributed by atoms with Gasteiger partial charge in [0, 0.05) is 38.4 Å². The van der Waals surface area contributed by atoms with Crippen LogP contribution in [0.2, 0.25) is 0 Å². The molecule has 1 fully saturated rings. The first-order valence-corrected chi connectivity index (χ1v) is 6.11. The number of hydrogen-bond donors (Lipinski definition) is 2. The van der Waals surface area contributed by atoms with Crippen LogP contribution in [-0.2, 0) is 11.3 Å². The minimum absolute atomic E-state index is 0.363. The third kappa shape index (κ3) is 2.80. The molecule has 0 radical (unpaired) electrons. The first kappa shape index (κ1) is 12.9. The summed E-state index contributed by atoms with van der Waals surface area (Å²) in [5.41, 5.74) is 7.78. The molecular formula is C13H19N3O2. The number of nitrogen functional groups attached to an aromatic ring is 1. The molecule has 1 aliphatic rings. The second-order valence-electron chi connectivity index (χ2n) is 4.40. The Morgan fingerprint density at radius 2 is 2.17 bits per heavy atom. The molecular weight excluding hydrogens is 230 g/mol. The molecule has 1 saturated heterocycles. The van der Waals surface area contributed by atoms with Crippen molar-refractivity contribution in [3.8, 4) is 0 Å². The quantitative estimate of drug-likeness (QED) is 0.602. The van der Waals surface area contributed by atoms with E-state index in [1.54, 1.807) is 6.07 Å². The average Bonchev–Trinajstić information content (AvgIpc) is 2.39. The van der Waals surface area contributed by atoms with E-state index in [-0.39, 0.29) is 5.97 Å². The molecule has 18 heavy (non-hydrogen) atoms. The smallest absolute Gasteiger partial charge is 0.340 e. The lowest BCUT2D eigenvalue weighted by atomic mass is 10.0. The van der Waals surface area contributed by atoms with Crippen LogP contribution in [0.1, 0.15) is 15.9 Å². The first-order chi connectivity index (χ1) is 8.72. The van der Waals surface area contributed by atoms with Crippen LogP contribution in [0.15, 0.2) is 18.2 Å². The minimum Gasteiger partial charge on any atom is -0.465 e. The second-order valence-corrected chi connectivity index (χ2v) is 4.40. The number of nitrogens with two attached hydrogens (primary N) is 1. The number of benzene rings is 1. The molecule has 0 amide bonds. The molecule has 0 spiro atoms. The lowest BCUT2D eigenvalue weighted by Crippen LogP contribution is -2.43. The molecule has 1 aromatic carbocycles. The summed E-state index contributed by atoms with van der Waals surface area (Å²) in [7, 11) is 1.38. The van der Waals surface area contributed by atoms with E-state index in [4.69, 9.17) is 10.5 Å². The average molecular weight is 249 g/mol. The zero-order valence-corrected chi connectivity index (χ0v) is 10.6. The van der Waals surface area contributed by atoms with Gasteiger partial charge in [-0.1, -0.05) is 12.1 Å². The highest BCUT2D eigenvalue weighted by atomic mass is 16.5. The van der Waals surface area contributed by atoms with Crippen LogP contribution < -0.4 is 11.1 Å². The van der Waals surface area contributed by atoms with Gasteiger partial charge in [-0.05, 0) is 11.6 Å². The summed E-state index contributed by atoms with van der Waals surface area (Å²) in [6.07, 6.45) is 0. The fourth-order valence-corrected chi connectivity index (χ4v) is 2.21. The summed E-state index contributed by atoms with van der Waals surface area (Å²) >= 11 is 0. The van der Waals surface area contributed by atoms with Gasteiger partial charge in [0.15, 0.2) is 0 Å². The van der Waals surface area contributed by atoms with E-state index in [0.29, 0.717) is 11.3 Å². The Morgan fingerprint density at radius 1 is 1.44 bits per heavy atom. The van der Waals surface area contributed by atoms with Crippen molar-refractivity contribution in [1.29, 1.82) is 0 Å².